The van der Waals surface area contributed by atoms with Crippen LogP contribution in [-0.2, 0) is 14.8 Å². The molecule has 11 heteroatoms. The Morgan fingerprint density at radius 2 is 1.57 bits per heavy atom. The van der Waals surface area contributed by atoms with Crippen molar-refractivity contribution >= 4 is 56.4 Å². The van der Waals surface area contributed by atoms with Gasteiger partial charge in [0.1, 0.15) is 11.5 Å². The van der Waals surface area contributed by atoms with Gasteiger partial charge < -0.3 is 15.4 Å². The maximum atomic E-state index is 13.1. The van der Waals surface area contributed by atoms with Gasteiger partial charge in [-0.25, -0.2) is 8.42 Å². The molecule has 8 nitrogen and oxygen atoms in total. The van der Waals surface area contributed by atoms with E-state index < -0.39 is 21.8 Å². The molecule has 206 valence electrons. The summed E-state index contributed by atoms with van der Waals surface area (Å²) >= 11 is 12.2. The number of halogens is 2. The molecular weight excluding hydrogens is 573 g/mol. The maximum absolute atomic E-state index is 13.1. The number of carbonyl (C=O) groups is 2. The molecule has 0 saturated carbocycles. The summed E-state index contributed by atoms with van der Waals surface area (Å²) in [6.45, 7) is 3.47. The van der Waals surface area contributed by atoms with Gasteiger partial charge in [0.15, 0.2) is 0 Å². The number of aryl methyl sites for hydroxylation is 1. The van der Waals surface area contributed by atoms with E-state index in [1.54, 1.807) is 30.3 Å². The molecule has 0 saturated heterocycles. The number of sulfonamides is 1. The normalized spacial score (nSPS) is 11.0. The molecule has 0 atom stereocenters. The Morgan fingerprint density at radius 1 is 0.850 bits per heavy atom. The third kappa shape index (κ3) is 7.12. The van der Waals surface area contributed by atoms with Gasteiger partial charge in [-0.05, 0) is 85.6 Å². The fourth-order valence-corrected chi connectivity index (χ4v) is 5.10. The molecule has 0 radical (unpaired) electrons. The lowest BCUT2D eigenvalue weighted by Crippen LogP contribution is -2.33. The lowest BCUT2D eigenvalue weighted by Gasteiger charge is -2.14. The van der Waals surface area contributed by atoms with Crippen molar-refractivity contribution < 1.29 is 22.7 Å². The van der Waals surface area contributed by atoms with Gasteiger partial charge in [0.2, 0.25) is 5.91 Å². The Labute approximate surface area is 242 Å². The third-order valence-corrected chi connectivity index (χ3v) is 7.89. The molecule has 0 aliphatic rings. The molecule has 0 aliphatic carbocycles. The molecule has 0 fully saturated rings. The number of amides is 2. The largest absolute Gasteiger partial charge is 0.456 e. The molecule has 4 aromatic rings. The highest BCUT2D eigenvalue weighted by atomic mass is 35.5. The van der Waals surface area contributed by atoms with Gasteiger partial charge in [-0.15, -0.1) is 0 Å². The van der Waals surface area contributed by atoms with Gasteiger partial charge in [-0.3, -0.25) is 14.3 Å². The maximum Gasteiger partial charge on any atom is 0.261 e. The molecule has 0 spiro atoms. The molecule has 40 heavy (non-hydrogen) atoms. The number of carbonyl (C=O) groups excluding carboxylic acids is 2. The SMILES string of the molecule is Cc1cccc(NC(=O)CNC(=O)c2cc(Cl)ccc2NS(=O)(=O)c2ccc(Oc3ccccc3Cl)cc2)c1C. The second kappa shape index (κ2) is 12.4. The van der Waals surface area contributed by atoms with Crippen molar-refractivity contribution in [2.45, 2.75) is 18.7 Å². The Hall–Kier alpha value is -4.05. The highest BCUT2D eigenvalue weighted by Crippen LogP contribution is 2.30. The van der Waals surface area contributed by atoms with E-state index in [0.717, 1.165) is 11.1 Å². The summed E-state index contributed by atoms with van der Waals surface area (Å²) < 4.78 is 34.4. The van der Waals surface area contributed by atoms with Crippen LogP contribution in [0.5, 0.6) is 11.5 Å². The van der Waals surface area contributed by atoms with Crippen LogP contribution in [0.25, 0.3) is 0 Å². The zero-order valence-electron chi connectivity index (χ0n) is 21.5. The predicted octanol–water partition coefficient (Wildman–Crippen LogP) is 6.57. The number of rotatable bonds is 9. The van der Waals surface area contributed by atoms with Crippen molar-refractivity contribution in [1.82, 2.24) is 5.32 Å². The Balaban J connectivity index is 1.45. The Morgan fingerprint density at radius 3 is 2.30 bits per heavy atom. The van der Waals surface area contributed by atoms with Gasteiger partial charge >= 0.3 is 0 Å². The van der Waals surface area contributed by atoms with Crippen molar-refractivity contribution in [3.05, 3.63) is 112 Å². The fraction of sp³-hybridized carbons (Fsp3) is 0.103. The fourth-order valence-electron chi connectivity index (χ4n) is 3.68. The van der Waals surface area contributed by atoms with Gasteiger partial charge in [0.05, 0.1) is 27.7 Å². The van der Waals surface area contributed by atoms with Crippen molar-refractivity contribution in [1.29, 1.82) is 0 Å². The topological polar surface area (TPSA) is 114 Å². The second-order valence-corrected chi connectivity index (χ2v) is 11.3. The average molecular weight is 599 g/mol. The van der Waals surface area contributed by atoms with Gasteiger partial charge in [-0.2, -0.15) is 0 Å². The van der Waals surface area contributed by atoms with E-state index in [-0.39, 0.29) is 27.7 Å². The van der Waals surface area contributed by atoms with E-state index in [4.69, 9.17) is 27.9 Å². The van der Waals surface area contributed by atoms with Crippen LogP contribution in [0.1, 0.15) is 21.5 Å². The number of nitrogens with one attached hydrogen (secondary N) is 3. The number of ether oxygens (including phenoxy) is 1. The lowest BCUT2D eigenvalue weighted by atomic mass is 10.1. The summed E-state index contributed by atoms with van der Waals surface area (Å²) in [5.74, 6) is -0.305. The molecule has 0 heterocycles. The first-order valence-electron chi connectivity index (χ1n) is 12.0. The van der Waals surface area contributed by atoms with Crippen LogP contribution in [0.15, 0.2) is 89.8 Å². The first-order valence-corrected chi connectivity index (χ1v) is 14.3. The number of para-hydroxylation sites is 1. The first kappa shape index (κ1) is 28.9. The van der Waals surface area contributed by atoms with Crippen LogP contribution >= 0.6 is 23.2 Å². The monoisotopic (exact) mass is 597 g/mol. The van der Waals surface area contributed by atoms with Crippen molar-refractivity contribution in [2.75, 3.05) is 16.6 Å². The van der Waals surface area contributed by atoms with Crippen molar-refractivity contribution in [3.63, 3.8) is 0 Å². The van der Waals surface area contributed by atoms with Crippen LogP contribution in [0, 0.1) is 13.8 Å². The van der Waals surface area contributed by atoms with Crippen molar-refractivity contribution in [3.8, 4) is 11.5 Å². The minimum Gasteiger partial charge on any atom is -0.456 e. The highest BCUT2D eigenvalue weighted by Gasteiger charge is 2.20. The minimum absolute atomic E-state index is 0.00627. The Kier molecular flexibility index (Phi) is 8.99. The van der Waals surface area contributed by atoms with Crippen molar-refractivity contribution in [2.24, 2.45) is 0 Å². The summed E-state index contributed by atoms with van der Waals surface area (Å²) in [4.78, 5) is 25.3. The van der Waals surface area contributed by atoms with Crippen LogP contribution in [0.3, 0.4) is 0 Å². The summed E-state index contributed by atoms with van der Waals surface area (Å²) in [6.07, 6.45) is 0. The van der Waals surface area contributed by atoms with E-state index in [1.165, 1.54) is 42.5 Å². The molecular formula is C29H25Cl2N3O5S. The summed E-state index contributed by atoms with van der Waals surface area (Å²) in [5, 5.41) is 5.90. The molecule has 2 amide bonds. The van der Waals surface area contributed by atoms with Crippen LogP contribution < -0.4 is 20.1 Å². The van der Waals surface area contributed by atoms with Crippen LogP contribution in [0.4, 0.5) is 11.4 Å². The Bertz CT molecular complexity index is 1680. The van der Waals surface area contributed by atoms with Gasteiger partial charge in [0.25, 0.3) is 15.9 Å². The van der Waals surface area contributed by atoms with E-state index in [2.05, 4.69) is 15.4 Å². The first-order chi connectivity index (χ1) is 19.0. The number of anilines is 2. The molecule has 4 rings (SSSR count). The molecule has 0 unspecified atom stereocenters. The minimum atomic E-state index is -4.09. The molecule has 0 aliphatic heterocycles. The number of hydrogen-bond acceptors (Lipinski definition) is 5. The predicted molar refractivity (Wildman–Crippen MR) is 157 cm³/mol. The van der Waals surface area contributed by atoms with Crippen LogP contribution in [0.2, 0.25) is 10.0 Å². The lowest BCUT2D eigenvalue weighted by molar-refractivity contribution is -0.115. The standard InChI is InChI=1S/C29H25Cl2N3O5S/c1-18-6-5-8-25(19(18)2)33-28(35)17-32-29(36)23-16-20(30)10-15-26(23)34-40(37,38)22-13-11-21(12-14-22)39-27-9-4-3-7-24(27)31/h3-16,34H,17H2,1-2H3,(H,32,36)(H,33,35). The van der Waals surface area contributed by atoms with Crippen LogP contribution in [-0.4, -0.2) is 26.8 Å². The van der Waals surface area contributed by atoms with E-state index in [9.17, 15) is 18.0 Å². The highest BCUT2D eigenvalue weighted by molar-refractivity contribution is 7.92. The van der Waals surface area contributed by atoms with E-state index >= 15 is 0 Å². The molecule has 0 bridgehead atoms. The van der Waals surface area contributed by atoms with Gasteiger partial charge in [0, 0.05) is 10.7 Å². The molecule has 0 aromatic heterocycles. The molecule has 4 aromatic carbocycles. The molecule has 3 N–H and O–H groups in total. The number of benzene rings is 4. The smallest absolute Gasteiger partial charge is 0.261 e. The quantitative estimate of drug-likeness (QED) is 0.202. The summed E-state index contributed by atoms with van der Waals surface area (Å²) in [5.41, 5.74) is 2.51. The average Bonchev–Trinajstić information content (AvgIpc) is 2.92. The van der Waals surface area contributed by atoms with Gasteiger partial charge in [-0.1, -0.05) is 47.5 Å². The third-order valence-electron chi connectivity index (χ3n) is 5.96. The summed E-state index contributed by atoms with van der Waals surface area (Å²) in [6, 6.07) is 22.3. The number of hydrogen-bond donors (Lipinski definition) is 3. The van der Waals surface area contributed by atoms with E-state index in [1.807, 2.05) is 26.0 Å². The zero-order valence-corrected chi connectivity index (χ0v) is 23.8. The second-order valence-electron chi connectivity index (χ2n) is 8.78. The summed E-state index contributed by atoms with van der Waals surface area (Å²) in [7, 11) is -4.09. The van der Waals surface area contributed by atoms with E-state index in [0.29, 0.717) is 22.2 Å². The zero-order chi connectivity index (χ0) is 28.9.